The summed E-state index contributed by atoms with van der Waals surface area (Å²) in [6.45, 7) is 3.36. The van der Waals surface area contributed by atoms with Crippen LogP contribution in [0.5, 0.6) is 5.75 Å². The van der Waals surface area contributed by atoms with E-state index in [-0.39, 0.29) is 30.7 Å². The first-order chi connectivity index (χ1) is 13.5. The van der Waals surface area contributed by atoms with Crippen LogP contribution in [0.15, 0.2) is 28.8 Å². The number of hydrogen-bond acceptors (Lipinski definition) is 10. The number of hydrogen-bond donors (Lipinski definition) is 2. The quantitative estimate of drug-likeness (QED) is 0.582. The number of aryl methyl sites for hydroxylation is 2. The number of rotatable bonds is 7. The topological polar surface area (TPSA) is 138 Å². The second-order valence-corrected chi connectivity index (χ2v) is 5.90. The molecule has 2 aromatic heterocycles. The minimum absolute atomic E-state index is 0.00386. The lowest BCUT2D eigenvalue weighted by Crippen LogP contribution is -2.13. The molecule has 0 amide bonds. The minimum atomic E-state index is -0.451. The molecule has 0 unspecified atom stereocenters. The number of ether oxygens (including phenoxy) is 2. The highest BCUT2D eigenvalue weighted by atomic mass is 16.5. The third-order valence-corrected chi connectivity index (χ3v) is 3.92. The Morgan fingerprint density at radius 2 is 2.00 bits per heavy atom. The van der Waals surface area contributed by atoms with E-state index in [9.17, 15) is 4.79 Å². The standard InChI is InChI=1S/C18H20N6O4/c1-10-12(11(2)28-24-10)8-16(25)27-9-15-21-17(19)23-18(22-15)20-13-6-4-5-7-14(13)26-3/h4-7H,8-9H2,1-3H3,(H3,19,20,21,22,23). The molecule has 28 heavy (non-hydrogen) atoms. The Morgan fingerprint density at radius 3 is 2.71 bits per heavy atom. The smallest absolute Gasteiger partial charge is 0.310 e. The predicted molar refractivity (Wildman–Crippen MR) is 100.0 cm³/mol. The highest BCUT2D eigenvalue weighted by molar-refractivity contribution is 5.73. The van der Waals surface area contributed by atoms with Gasteiger partial charge in [0, 0.05) is 5.56 Å². The number of nitrogens with one attached hydrogen (secondary N) is 1. The predicted octanol–water partition coefficient (Wildman–Crippen LogP) is 2.10. The van der Waals surface area contributed by atoms with E-state index in [0.717, 1.165) is 0 Å². The average Bonchev–Trinajstić information content (AvgIpc) is 2.98. The van der Waals surface area contributed by atoms with Crippen molar-refractivity contribution in [3.05, 3.63) is 47.1 Å². The van der Waals surface area contributed by atoms with E-state index in [0.29, 0.717) is 28.5 Å². The Morgan fingerprint density at radius 1 is 1.21 bits per heavy atom. The van der Waals surface area contributed by atoms with E-state index in [1.165, 1.54) is 0 Å². The van der Waals surface area contributed by atoms with Crippen molar-refractivity contribution in [3.8, 4) is 5.75 Å². The van der Waals surface area contributed by atoms with Gasteiger partial charge in [-0.25, -0.2) is 0 Å². The van der Waals surface area contributed by atoms with Gasteiger partial charge in [0.15, 0.2) is 12.4 Å². The monoisotopic (exact) mass is 384 g/mol. The Bertz CT molecular complexity index is 968. The van der Waals surface area contributed by atoms with E-state index in [2.05, 4.69) is 25.4 Å². The van der Waals surface area contributed by atoms with Crippen LogP contribution in [0, 0.1) is 13.8 Å². The van der Waals surface area contributed by atoms with Gasteiger partial charge in [0.1, 0.15) is 11.5 Å². The van der Waals surface area contributed by atoms with Gasteiger partial charge in [0.25, 0.3) is 0 Å². The van der Waals surface area contributed by atoms with Gasteiger partial charge in [0.2, 0.25) is 11.9 Å². The van der Waals surface area contributed by atoms with Crippen molar-refractivity contribution in [2.45, 2.75) is 26.9 Å². The lowest BCUT2D eigenvalue weighted by molar-refractivity contribution is -0.144. The number of carbonyl (C=O) groups is 1. The normalized spacial score (nSPS) is 10.5. The van der Waals surface area contributed by atoms with E-state index >= 15 is 0 Å². The summed E-state index contributed by atoms with van der Waals surface area (Å²) in [6, 6.07) is 7.29. The molecule has 0 aliphatic rings. The Labute approximate surface area is 161 Å². The van der Waals surface area contributed by atoms with Crippen LogP contribution < -0.4 is 15.8 Å². The fourth-order valence-electron chi connectivity index (χ4n) is 2.52. The molecule has 3 rings (SSSR count). The van der Waals surface area contributed by atoms with E-state index < -0.39 is 5.97 Å². The van der Waals surface area contributed by atoms with Crippen LogP contribution in [0.4, 0.5) is 17.6 Å². The summed E-state index contributed by atoms with van der Waals surface area (Å²) in [4.78, 5) is 24.4. The molecular weight excluding hydrogens is 364 g/mol. The van der Waals surface area contributed by atoms with Gasteiger partial charge in [-0.1, -0.05) is 17.3 Å². The second-order valence-electron chi connectivity index (χ2n) is 5.90. The Kier molecular flexibility index (Phi) is 5.68. The molecule has 146 valence electrons. The number of carbonyl (C=O) groups excluding carboxylic acids is 1. The molecule has 0 saturated heterocycles. The number of nitrogens with two attached hydrogens (primary N) is 1. The largest absolute Gasteiger partial charge is 0.495 e. The van der Waals surface area contributed by atoms with Crippen molar-refractivity contribution in [3.63, 3.8) is 0 Å². The van der Waals surface area contributed by atoms with Crippen LogP contribution in [-0.4, -0.2) is 33.2 Å². The van der Waals surface area contributed by atoms with Crippen molar-refractivity contribution in [2.75, 3.05) is 18.2 Å². The SMILES string of the molecule is COc1ccccc1Nc1nc(N)nc(COC(=O)Cc2c(C)noc2C)n1. The summed E-state index contributed by atoms with van der Waals surface area (Å²) >= 11 is 0. The third kappa shape index (κ3) is 4.53. The molecule has 0 aliphatic heterocycles. The fraction of sp³-hybridized carbons (Fsp3) is 0.278. The molecule has 0 spiro atoms. The van der Waals surface area contributed by atoms with E-state index in [1.807, 2.05) is 18.2 Å². The zero-order valence-corrected chi connectivity index (χ0v) is 15.7. The molecule has 0 radical (unpaired) electrons. The number of nitrogens with zero attached hydrogens (tertiary/aromatic N) is 4. The van der Waals surface area contributed by atoms with Crippen LogP contribution >= 0.6 is 0 Å². The maximum atomic E-state index is 12.1. The summed E-state index contributed by atoms with van der Waals surface area (Å²) in [5, 5.41) is 6.83. The second kappa shape index (κ2) is 8.33. The molecule has 0 saturated carbocycles. The van der Waals surface area contributed by atoms with Gasteiger partial charge in [0.05, 0.1) is 24.9 Å². The first-order valence-electron chi connectivity index (χ1n) is 8.44. The zero-order valence-electron chi connectivity index (χ0n) is 15.7. The molecule has 0 aliphatic carbocycles. The minimum Gasteiger partial charge on any atom is -0.495 e. The number of methoxy groups -OCH3 is 1. The molecule has 3 aromatic rings. The molecule has 0 fully saturated rings. The number of nitrogen functional groups attached to an aromatic ring is 1. The summed E-state index contributed by atoms with van der Waals surface area (Å²) in [6.07, 6.45) is 0.0497. The zero-order chi connectivity index (χ0) is 20.1. The summed E-state index contributed by atoms with van der Waals surface area (Å²) < 4.78 is 15.6. The van der Waals surface area contributed by atoms with Crippen molar-refractivity contribution in [2.24, 2.45) is 0 Å². The average molecular weight is 384 g/mol. The summed E-state index contributed by atoms with van der Waals surface area (Å²) in [7, 11) is 1.56. The van der Waals surface area contributed by atoms with Crippen LogP contribution in [0.1, 0.15) is 22.8 Å². The van der Waals surface area contributed by atoms with Crippen LogP contribution in [-0.2, 0) is 22.6 Å². The Hall–Kier alpha value is -3.69. The molecule has 10 heteroatoms. The molecule has 0 atom stereocenters. The summed E-state index contributed by atoms with van der Waals surface area (Å²) in [5.74, 6) is 1.19. The first-order valence-corrected chi connectivity index (χ1v) is 8.44. The number of para-hydroxylation sites is 2. The maximum absolute atomic E-state index is 12.1. The molecule has 10 nitrogen and oxygen atoms in total. The molecule has 0 bridgehead atoms. The number of anilines is 3. The lowest BCUT2D eigenvalue weighted by Gasteiger charge is -2.11. The molecule has 3 N–H and O–H groups in total. The lowest BCUT2D eigenvalue weighted by atomic mass is 10.1. The third-order valence-electron chi connectivity index (χ3n) is 3.92. The van der Waals surface area contributed by atoms with Gasteiger partial charge in [-0.2, -0.15) is 15.0 Å². The van der Waals surface area contributed by atoms with Gasteiger partial charge >= 0.3 is 5.97 Å². The van der Waals surface area contributed by atoms with Crippen molar-refractivity contribution in [1.82, 2.24) is 20.1 Å². The van der Waals surface area contributed by atoms with Crippen molar-refractivity contribution < 1.29 is 18.8 Å². The highest BCUT2D eigenvalue weighted by Crippen LogP contribution is 2.25. The number of benzene rings is 1. The highest BCUT2D eigenvalue weighted by Gasteiger charge is 2.15. The molecule has 2 heterocycles. The molecule has 1 aromatic carbocycles. The molecular formula is C18H20N6O4. The van der Waals surface area contributed by atoms with E-state index in [4.69, 9.17) is 19.7 Å². The van der Waals surface area contributed by atoms with Gasteiger partial charge in [-0.15, -0.1) is 0 Å². The van der Waals surface area contributed by atoms with Crippen LogP contribution in [0.3, 0.4) is 0 Å². The van der Waals surface area contributed by atoms with Crippen molar-refractivity contribution in [1.29, 1.82) is 0 Å². The van der Waals surface area contributed by atoms with Gasteiger partial charge in [-0.3, -0.25) is 4.79 Å². The van der Waals surface area contributed by atoms with Crippen molar-refractivity contribution >= 4 is 23.6 Å². The summed E-state index contributed by atoms with van der Waals surface area (Å²) in [5.41, 5.74) is 7.77. The Balaban J connectivity index is 1.67. The first kappa shape index (κ1) is 19.1. The maximum Gasteiger partial charge on any atom is 0.310 e. The van der Waals surface area contributed by atoms with E-state index in [1.54, 1.807) is 27.0 Å². The van der Waals surface area contributed by atoms with Gasteiger partial charge < -0.3 is 25.0 Å². The number of aromatic nitrogens is 4. The van der Waals surface area contributed by atoms with Gasteiger partial charge in [-0.05, 0) is 26.0 Å². The fourth-order valence-corrected chi connectivity index (χ4v) is 2.52. The van der Waals surface area contributed by atoms with Crippen LogP contribution in [0.2, 0.25) is 0 Å². The van der Waals surface area contributed by atoms with Crippen LogP contribution in [0.25, 0.3) is 0 Å². The number of esters is 1.